The third-order valence-electron chi connectivity index (χ3n) is 5.90. The van der Waals surface area contributed by atoms with Crippen LogP contribution in [0.2, 0.25) is 0 Å². The third kappa shape index (κ3) is 3.01. The van der Waals surface area contributed by atoms with Crippen LogP contribution in [0.4, 0.5) is 0 Å². The molecular formula is C22H29NO. The van der Waals surface area contributed by atoms with E-state index in [-0.39, 0.29) is 23.9 Å². The molecule has 2 nitrogen and oxygen atoms in total. The van der Waals surface area contributed by atoms with E-state index < -0.39 is 5.60 Å². The number of piperidine rings is 1. The average Bonchev–Trinajstić information content (AvgIpc) is 2.62. The lowest BCUT2D eigenvalue weighted by molar-refractivity contribution is -0.116. The molecule has 2 aromatic rings. The number of rotatable bonds is 4. The van der Waals surface area contributed by atoms with E-state index in [0.29, 0.717) is 0 Å². The maximum Gasteiger partial charge on any atom is 0.0734 e. The minimum atomic E-state index is -0.666. The normalized spacial score (nSPS) is 33.3. The van der Waals surface area contributed by atoms with Crippen LogP contribution in [0.5, 0.6) is 0 Å². The first-order chi connectivity index (χ1) is 11.6. The van der Waals surface area contributed by atoms with Crippen molar-refractivity contribution in [3.05, 3.63) is 71.8 Å². The molecule has 128 valence electrons. The van der Waals surface area contributed by atoms with Crippen LogP contribution in [0, 0.1) is 11.8 Å². The van der Waals surface area contributed by atoms with E-state index in [9.17, 15) is 5.11 Å². The van der Waals surface area contributed by atoms with Gasteiger partial charge in [0, 0.05) is 23.9 Å². The molecule has 1 unspecified atom stereocenters. The zero-order chi connectivity index (χ0) is 17.2. The van der Waals surface area contributed by atoms with Gasteiger partial charge in [0.1, 0.15) is 0 Å². The van der Waals surface area contributed by atoms with Gasteiger partial charge in [-0.05, 0) is 17.5 Å². The molecule has 0 bridgehead atoms. The monoisotopic (exact) mass is 323 g/mol. The Labute approximate surface area is 145 Å². The standard InChI is InChI=1S/C22H29NO/c1-4-15-22(24)16(2)20(18-11-7-5-8-12-18)23-21(17(22)3)19-13-9-6-10-14-19/h5-14,16-17,20-21,23-24H,4,15H2,1-3H3/t16-,17+,20-,21+,22?. The molecule has 0 spiro atoms. The Morgan fingerprint density at radius 1 is 0.833 bits per heavy atom. The largest absolute Gasteiger partial charge is 0.389 e. The topological polar surface area (TPSA) is 32.3 Å². The van der Waals surface area contributed by atoms with Crippen molar-refractivity contribution in [2.45, 2.75) is 51.3 Å². The number of aliphatic hydroxyl groups is 1. The molecule has 0 aliphatic carbocycles. The van der Waals surface area contributed by atoms with Gasteiger partial charge in [0.25, 0.3) is 0 Å². The number of hydrogen-bond acceptors (Lipinski definition) is 2. The Morgan fingerprint density at radius 3 is 1.62 bits per heavy atom. The van der Waals surface area contributed by atoms with Crippen LogP contribution < -0.4 is 5.32 Å². The van der Waals surface area contributed by atoms with Gasteiger partial charge >= 0.3 is 0 Å². The summed E-state index contributed by atoms with van der Waals surface area (Å²) in [6.45, 7) is 6.55. The van der Waals surface area contributed by atoms with E-state index in [4.69, 9.17) is 0 Å². The van der Waals surface area contributed by atoms with Crippen LogP contribution >= 0.6 is 0 Å². The van der Waals surface area contributed by atoms with Crippen LogP contribution in [-0.2, 0) is 0 Å². The second-order valence-corrected chi connectivity index (χ2v) is 7.26. The Bertz CT molecular complexity index is 588. The second kappa shape index (κ2) is 7.08. The van der Waals surface area contributed by atoms with Crippen molar-refractivity contribution in [2.75, 3.05) is 0 Å². The average molecular weight is 323 g/mol. The predicted molar refractivity (Wildman–Crippen MR) is 99.7 cm³/mol. The van der Waals surface area contributed by atoms with E-state index in [1.165, 1.54) is 11.1 Å². The Morgan fingerprint density at radius 2 is 1.25 bits per heavy atom. The highest BCUT2D eigenvalue weighted by molar-refractivity contribution is 5.27. The second-order valence-electron chi connectivity index (χ2n) is 7.26. The zero-order valence-corrected chi connectivity index (χ0v) is 14.9. The summed E-state index contributed by atoms with van der Waals surface area (Å²) in [6.07, 6.45) is 1.83. The Balaban J connectivity index is 2.02. The quantitative estimate of drug-likeness (QED) is 0.841. The Hall–Kier alpha value is -1.64. The van der Waals surface area contributed by atoms with Gasteiger partial charge in [-0.3, -0.25) is 0 Å². The molecule has 0 amide bonds. The summed E-state index contributed by atoms with van der Waals surface area (Å²) in [7, 11) is 0. The number of hydrogen-bond donors (Lipinski definition) is 2. The first-order valence-corrected chi connectivity index (χ1v) is 9.16. The molecule has 1 fully saturated rings. The Kier molecular flexibility index (Phi) is 5.07. The minimum absolute atomic E-state index is 0.157. The summed E-state index contributed by atoms with van der Waals surface area (Å²) in [5, 5.41) is 15.5. The SMILES string of the molecule is CCCC1(O)[C@H](C)[C@H](c2ccccc2)N[C@H](c2ccccc2)[C@@H]1C. The summed E-state index contributed by atoms with van der Waals surface area (Å²) in [4.78, 5) is 0. The summed E-state index contributed by atoms with van der Waals surface area (Å²) in [5.74, 6) is 0.324. The van der Waals surface area contributed by atoms with Crippen LogP contribution in [-0.4, -0.2) is 10.7 Å². The lowest BCUT2D eigenvalue weighted by Gasteiger charge is -2.52. The van der Waals surface area contributed by atoms with Gasteiger partial charge in [0.05, 0.1) is 5.60 Å². The summed E-state index contributed by atoms with van der Waals surface area (Å²) >= 11 is 0. The van der Waals surface area contributed by atoms with Crippen molar-refractivity contribution < 1.29 is 5.11 Å². The van der Waals surface area contributed by atoms with Crippen molar-refractivity contribution >= 4 is 0 Å². The van der Waals surface area contributed by atoms with Gasteiger partial charge in [-0.25, -0.2) is 0 Å². The summed E-state index contributed by atoms with van der Waals surface area (Å²) in [5.41, 5.74) is 1.85. The zero-order valence-electron chi connectivity index (χ0n) is 14.9. The first kappa shape index (κ1) is 17.2. The molecule has 24 heavy (non-hydrogen) atoms. The van der Waals surface area contributed by atoms with Gasteiger partial charge in [0.2, 0.25) is 0 Å². The summed E-state index contributed by atoms with van der Waals surface area (Å²) < 4.78 is 0. The molecule has 2 aromatic carbocycles. The van der Waals surface area contributed by atoms with Crippen LogP contribution in [0.1, 0.15) is 56.8 Å². The van der Waals surface area contributed by atoms with Crippen molar-refractivity contribution in [3.63, 3.8) is 0 Å². The number of benzene rings is 2. The maximum absolute atomic E-state index is 11.6. The van der Waals surface area contributed by atoms with Gasteiger partial charge in [-0.15, -0.1) is 0 Å². The highest BCUT2D eigenvalue weighted by Gasteiger charge is 2.50. The van der Waals surface area contributed by atoms with Crippen molar-refractivity contribution in [2.24, 2.45) is 11.8 Å². The molecule has 1 saturated heterocycles. The predicted octanol–water partition coefficient (Wildman–Crippen LogP) is 4.88. The fourth-order valence-corrected chi connectivity index (χ4v) is 4.42. The van der Waals surface area contributed by atoms with Crippen LogP contribution in [0.25, 0.3) is 0 Å². The molecule has 0 saturated carbocycles. The van der Waals surface area contributed by atoms with E-state index in [0.717, 1.165) is 12.8 Å². The highest BCUT2D eigenvalue weighted by atomic mass is 16.3. The van der Waals surface area contributed by atoms with Gasteiger partial charge in [0.15, 0.2) is 0 Å². The third-order valence-corrected chi connectivity index (χ3v) is 5.90. The molecule has 3 rings (SSSR count). The molecular weight excluding hydrogens is 294 g/mol. The fourth-order valence-electron chi connectivity index (χ4n) is 4.42. The van der Waals surface area contributed by atoms with Gasteiger partial charge < -0.3 is 10.4 Å². The molecule has 2 N–H and O–H groups in total. The molecule has 0 aromatic heterocycles. The first-order valence-electron chi connectivity index (χ1n) is 9.16. The molecule has 1 heterocycles. The summed E-state index contributed by atoms with van der Waals surface area (Å²) in [6, 6.07) is 21.4. The van der Waals surface area contributed by atoms with E-state index in [2.05, 4.69) is 74.6 Å². The number of nitrogens with one attached hydrogen (secondary N) is 1. The van der Waals surface area contributed by atoms with Gasteiger partial charge in [-0.2, -0.15) is 0 Å². The van der Waals surface area contributed by atoms with Crippen molar-refractivity contribution in [1.82, 2.24) is 5.32 Å². The van der Waals surface area contributed by atoms with Crippen molar-refractivity contribution in [3.8, 4) is 0 Å². The minimum Gasteiger partial charge on any atom is -0.389 e. The molecule has 1 aliphatic rings. The smallest absolute Gasteiger partial charge is 0.0734 e. The maximum atomic E-state index is 11.6. The van der Waals surface area contributed by atoms with E-state index in [1.54, 1.807) is 0 Å². The van der Waals surface area contributed by atoms with Gasteiger partial charge in [-0.1, -0.05) is 87.9 Å². The van der Waals surface area contributed by atoms with Crippen LogP contribution in [0.15, 0.2) is 60.7 Å². The fraction of sp³-hybridized carbons (Fsp3) is 0.455. The van der Waals surface area contributed by atoms with E-state index >= 15 is 0 Å². The van der Waals surface area contributed by atoms with Crippen molar-refractivity contribution in [1.29, 1.82) is 0 Å². The highest BCUT2D eigenvalue weighted by Crippen LogP contribution is 2.48. The lowest BCUT2D eigenvalue weighted by Crippen LogP contribution is -2.57. The van der Waals surface area contributed by atoms with E-state index in [1.807, 2.05) is 12.1 Å². The molecule has 1 aliphatic heterocycles. The molecule has 2 heteroatoms. The molecule has 5 atom stereocenters. The molecule has 0 radical (unpaired) electrons. The van der Waals surface area contributed by atoms with Crippen LogP contribution in [0.3, 0.4) is 0 Å². The lowest BCUT2D eigenvalue weighted by atomic mass is 9.64.